The summed E-state index contributed by atoms with van der Waals surface area (Å²) in [5, 5.41) is 17.8. The molecule has 1 aromatic carbocycles. The van der Waals surface area contributed by atoms with Crippen LogP contribution in [0.25, 0.3) is 5.69 Å². The van der Waals surface area contributed by atoms with E-state index in [1.807, 2.05) is 37.3 Å². The maximum absolute atomic E-state index is 11.5. The van der Waals surface area contributed by atoms with E-state index in [-0.39, 0.29) is 5.88 Å². The Hall–Kier alpha value is -2.37. The summed E-state index contributed by atoms with van der Waals surface area (Å²) in [5.74, 6) is 0.272. The highest BCUT2D eigenvalue weighted by Crippen LogP contribution is 2.03. The van der Waals surface area contributed by atoms with Gasteiger partial charge in [0.05, 0.1) is 6.02 Å². The van der Waals surface area contributed by atoms with E-state index in [1.165, 1.54) is 0 Å². The molecular weight excluding hydrogens is 244 g/mol. The van der Waals surface area contributed by atoms with Gasteiger partial charge in [0, 0.05) is 18.7 Å². The van der Waals surface area contributed by atoms with Crippen LogP contribution in [0.2, 0.25) is 0 Å². The Labute approximate surface area is 111 Å². The molecule has 1 aromatic heterocycles. The van der Waals surface area contributed by atoms with Crippen molar-refractivity contribution in [2.24, 2.45) is 4.99 Å². The Morgan fingerprint density at radius 1 is 1.42 bits per heavy atom. The molecule has 0 radical (unpaired) electrons. The lowest BCUT2D eigenvalue weighted by molar-refractivity contribution is -0.670. The molecule has 0 amide bonds. The second kappa shape index (κ2) is 6.53. The van der Waals surface area contributed by atoms with Crippen LogP contribution in [0.4, 0.5) is 5.88 Å². The summed E-state index contributed by atoms with van der Waals surface area (Å²) in [6, 6.07) is 9.08. The van der Waals surface area contributed by atoms with Crippen molar-refractivity contribution in [1.82, 2.24) is 5.27 Å². The summed E-state index contributed by atoms with van der Waals surface area (Å²) in [6.45, 7) is 2.57. The van der Waals surface area contributed by atoms with Crippen molar-refractivity contribution in [1.29, 1.82) is 0 Å². The normalized spacial score (nSPS) is 11.5. The maximum Gasteiger partial charge on any atom is 0.300 e. The average molecular weight is 260 g/mol. The lowest BCUT2D eigenvalue weighted by Crippen LogP contribution is -2.31. The number of hydrogen-bond donors (Lipinski definition) is 1. The molecule has 0 unspecified atom stereocenters. The summed E-state index contributed by atoms with van der Waals surface area (Å²) in [4.78, 5) is 3.84. The van der Waals surface area contributed by atoms with Crippen molar-refractivity contribution in [3.8, 4) is 5.69 Å². The Morgan fingerprint density at radius 3 is 2.95 bits per heavy atom. The SMILES string of the molecule is CCCCN=C([O-])Nc1c[n+](-c2ccccc2)no1. The molecule has 0 aliphatic heterocycles. The molecule has 1 heterocycles. The van der Waals surface area contributed by atoms with Crippen molar-refractivity contribution in [2.45, 2.75) is 19.8 Å². The first-order chi connectivity index (χ1) is 9.29. The van der Waals surface area contributed by atoms with Gasteiger partial charge in [-0.25, -0.2) is 0 Å². The van der Waals surface area contributed by atoms with Crippen molar-refractivity contribution < 1.29 is 14.3 Å². The van der Waals surface area contributed by atoms with Gasteiger partial charge in [0.25, 0.3) is 6.20 Å². The van der Waals surface area contributed by atoms with E-state index in [4.69, 9.17) is 4.52 Å². The zero-order chi connectivity index (χ0) is 13.5. The minimum absolute atomic E-state index is 0.272. The van der Waals surface area contributed by atoms with Gasteiger partial charge in [0.15, 0.2) is 0 Å². The van der Waals surface area contributed by atoms with E-state index >= 15 is 0 Å². The number of para-hydroxylation sites is 1. The molecule has 0 bridgehead atoms. The highest BCUT2D eigenvalue weighted by atomic mass is 16.5. The van der Waals surface area contributed by atoms with Gasteiger partial charge in [-0.3, -0.25) is 9.52 Å². The molecule has 0 spiro atoms. The average Bonchev–Trinajstić information content (AvgIpc) is 2.88. The standard InChI is InChI=1S/C13H16N4O2/c1-2-3-9-14-13(18)15-12-10-17(16-19-12)11-7-5-4-6-8-11/h4-8,10H,2-3,9H2,1H3,(H-,14,15,16,18). The third-order valence-corrected chi connectivity index (χ3v) is 2.48. The number of nitrogens with one attached hydrogen (secondary N) is 1. The van der Waals surface area contributed by atoms with Crippen LogP contribution < -0.4 is 15.1 Å². The van der Waals surface area contributed by atoms with Gasteiger partial charge in [-0.2, -0.15) is 0 Å². The van der Waals surface area contributed by atoms with E-state index in [0.29, 0.717) is 6.54 Å². The van der Waals surface area contributed by atoms with Crippen LogP contribution in [0.5, 0.6) is 0 Å². The number of aliphatic imine (C=N–C) groups is 1. The molecule has 6 heteroatoms. The Balaban J connectivity index is 2.00. The highest BCUT2D eigenvalue weighted by Gasteiger charge is 2.13. The predicted molar refractivity (Wildman–Crippen MR) is 68.9 cm³/mol. The largest absolute Gasteiger partial charge is 0.846 e. The number of aromatic nitrogens is 2. The van der Waals surface area contributed by atoms with Crippen LogP contribution in [0.3, 0.4) is 0 Å². The highest BCUT2D eigenvalue weighted by molar-refractivity contribution is 5.83. The first kappa shape index (κ1) is 13.1. The Kier molecular flexibility index (Phi) is 4.49. The van der Waals surface area contributed by atoms with Gasteiger partial charge in [0.1, 0.15) is 0 Å². The van der Waals surface area contributed by atoms with Gasteiger partial charge in [-0.1, -0.05) is 31.5 Å². The molecule has 0 aliphatic carbocycles. The fraction of sp³-hybridized carbons (Fsp3) is 0.308. The molecule has 0 saturated heterocycles. The molecule has 6 nitrogen and oxygen atoms in total. The zero-order valence-corrected chi connectivity index (χ0v) is 10.7. The number of unbranched alkanes of at least 4 members (excludes halogenated alkanes) is 1. The van der Waals surface area contributed by atoms with E-state index in [1.54, 1.807) is 10.9 Å². The van der Waals surface area contributed by atoms with Crippen molar-refractivity contribution in [3.05, 3.63) is 36.5 Å². The number of benzene rings is 1. The predicted octanol–water partition coefficient (Wildman–Crippen LogP) is 0.880. The number of rotatable bonds is 5. The van der Waals surface area contributed by atoms with Crippen LogP contribution in [-0.2, 0) is 0 Å². The van der Waals surface area contributed by atoms with Crippen LogP contribution in [-0.4, -0.2) is 17.8 Å². The van der Waals surface area contributed by atoms with Crippen LogP contribution in [0, 0.1) is 0 Å². The Morgan fingerprint density at radius 2 is 2.21 bits per heavy atom. The number of anilines is 1. The first-order valence-electron chi connectivity index (χ1n) is 6.22. The third kappa shape index (κ3) is 3.80. The summed E-state index contributed by atoms with van der Waals surface area (Å²) < 4.78 is 6.56. The second-order valence-corrected chi connectivity index (χ2v) is 4.01. The van der Waals surface area contributed by atoms with Gasteiger partial charge < -0.3 is 10.4 Å². The van der Waals surface area contributed by atoms with Crippen LogP contribution in [0.1, 0.15) is 19.8 Å². The van der Waals surface area contributed by atoms with Crippen molar-refractivity contribution in [3.63, 3.8) is 0 Å². The summed E-state index contributed by atoms with van der Waals surface area (Å²) >= 11 is 0. The van der Waals surface area contributed by atoms with E-state index < -0.39 is 6.02 Å². The summed E-state index contributed by atoms with van der Waals surface area (Å²) in [6.07, 6.45) is 3.50. The van der Waals surface area contributed by atoms with Gasteiger partial charge in [-0.15, -0.1) is 0 Å². The van der Waals surface area contributed by atoms with Crippen LogP contribution >= 0.6 is 0 Å². The maximum atomic E-state index is 11.5. The minimum atomic E-state index is -0.412. The lowest BCUT2D eigenvalue weighted by Gasteiger charge is -2.08. The van der Waals surface area contributed by atoms with Gasteiger partial charge in [0.2, 0.25) is 11.0 Å². The molecule has 0 atom stereocenters. The van der Waals surface area contributed by atoms with Crippen molar-refractivity contribution >= 4 is 11.9 Å². The molecule has 0 aliphatic rings. The van der Waals surface area contributed by atoms with Gasteiger partial charge in [-0.05, 0) is 11.1 Å². The fourth-order valence-corrected chi connectivity index (χ4v) is 1.49. The molecule has 1 N–H and O–H groups in total. The minimum Gasteiger partial charge on any atom is -0.846 e. The fourth-order valence-electron chi connectivity index (χ4n) is 1.49. The van der Waals surface area contributed by atoms with E-state index in [9.17, 15) is 5.11 Å². The molecule has 19 heavy (non-hydrogen) atoms. The molecular formula is C13H16N4O2. The molecule has 0 saturated carbocycles. The van der Waals surface area contributed by atoms with E-state index in [2.05, 4.69) is 15.6 Å². The van der Waals surface area contributed by atoms with Crippen LogP contribution in [0.15, 0.2) is 46.0 Å². The topological polar surface area (TPSA) is 77.4 Å². The quantitative estimate of drug-likeness (QED) is 0.375. The molecule has 2 aromatic rings. The first-order valence-corrected chi connectivity index (χ1v) is 6.22. The summed E-state index contributed by atoms with van der Waals surface area (Å²) in [7, 11) is 0. The van der Waals surface area contributed by atoms with Crippen molar-refractivity contribution in [2.75, 3.05) is 11.9 Å². The number of hydrogen-bond acceptors (Lipinski definition) is 4. The monoisotopic (exact) mass is 260 g/mol. The Bertz CT molecular complexity index is 537. The summed E-state index contributed by atoms with van der Waals surface area (Å²) in [5.41, 5.74) is 0.856. The lowest BCUT2D eigenvalue weighted by atomic mass is 10.3. The second-order valence-electron chi connectivity index (χ2n) is 4.01. The smallest absolute Gasteiger partial charge is 0.300 e. The van der Waals surface area contributed by atoms with E-state index in [0.717, 1.165) is 18.5 Å². The van der Waals surface area contributed by atoms with Gasteiger partial charge >= 0.3 is 5.88 Å². The number of amidine groups is 1. The third-order valence-electron chi connectivity index (χ3n) is 2.48. The molecule has 0 fully saturated rings. The zero-order valence-electron chi connectivity index (χ0n) is 10.7. The number of nitrogens with zero attached hydrogens (tertiary/aromatic N) is 3. The molecule has 100 valence electrons. The molecule has 2 rings (SSSR count).